The highest BCUT2D eigenvalue weighted by Crippen LogP contribution is 2.34. The van der Waals surface area contributed by atoms with Crippen LogP contribution < -0.4 is 20.5 Å². The van der Waals surface area contributed by atoms with Gasteiger partial charge in [0, 0.05) is 25.6 Å². The fourth-order valence-electron chi connectivity index (χ4n) is 4.43. The first-order chi connectivity index (χ1) is 15.6. The molecule has 2 aliphatic rings. The third kappa shape index (κ3) is 3.41. The zero-order valence-corrected chi connectivity index (χ0v) is 17.8. The monoisotopic (exact) mass is 432 g/mol. The number of carbonyl (C=O) groups is 2. The molecule has 0 bridgehead atoms. The fourth-order valence-corrected chi connectivity index (χ4v) is 4.43. The van der Waals surface area contributed by atoms with Crippen LogP contribution >= 0.6 is 0 Å². The zero-order chi connectivity index (χ0) is 22.2. The van der Waals surface area contributed by atoms with Crippen LogP contribution in [-0.4, -0.2) is 41.1 Å². The molecule has 2 aromatic carbocycles. The van der Waals surface area contributed by atoms with Gasteiger partial charge in [-0.25, -0.2) is 4.98 Å². The minimum atomic E-state index is -0.808. The van der Waals surface area contributed by atoms with E-state index in [-0.39, 0.29) is 23.9 Å². The van der Waals surface area contributed by atoms with Gasteiger partial charge in [-0.15, -0.1) is 0 Å². The van der Waals surface area contributed by atoms with Crippen molar-refractivity contribution in [3.8, 4) is 5.75 Å². The number of aryl methyl sites for hydroxylation is 1. The van der Waals surface area contributed by atoms with E-state index >= 15 is 0 Å². The smallest absolute Gasteiger partial charge is 0.262 e. The van der Waals surface area contributed by atoms with E-state index in [1.54, 1.807) is 45.9 Å². The Morgan fingerprint density at radius 3 is 2.81 bits per heavy atom. The number of hydrogen-bond acceptors (Lipinski definition) is 5. The van der Waals surface area contributed by atoms with Gasteiger partial charge in [0.1, 0.15) is 11.6 Å². The number of aromatic nitrogens is 2. The van der Waals surface area contributed by atoms with Crippen LogP contribution in [0.5, 0.6) is 5.75 Å². The summed E-state index contributed by atoms with van der Waals surface area (Å²) in [4.78, 5) is 45.0. The van der Waals surface area contributed by atoms with Crippen LogP contribution in [0.4, 0.5) is 5.69 Å². The van der Waals surface area contributed by atoms with Crippen molar-refractivity contribution in [1.29, 1.82) is 0 Å². The van der Waals surface area contributed by atoms with Crippen LogP contribution in [0.1, 0.15) is 35.4 Å². The van der Waals surface area contributed by atoms with Gasteiger partial charge in [-0.1, -0.05) is 18.6 Å². The van der Waals surface area contributed by atoms with E-state index in [0.29, 0.717) is 34.4 Å². The first-order valence-electron chi connectivity index (χ1n) is 10.9. The predicted octanol–water partition coefficient (Wildman–Crippen LogP) is 2.28. The molecule has 3 aromatic rings. The highest BCUT2D eigenvalue weighted by atomic mass is 16.5. The topological polar surface area (TPSA) is 93.5 Å². The van der Waals surface area contributed by atoms with Crippen molar-refractivity contribution < 1.29 is 14.3 Å². The average molecular weight is 432 g/mol. The van der Waals surface area contributed by atoms with Crippen molar-refractivity contribution in [2.45, 2.75) is 38.3 Å². The third-order valence-electron chi connectivity index (χ3n) is 6.12. The molecule has 1 N–H and O–H groups in total. The molecule has 0 saturated carbocycles. The standard InChI is InChI=1S/C24H24N4O4/c1-25-22(29)20-14-28(18-7-4-5-8-19(18)32-20)23(30)15-10-11-16-17(13-15)26-21-9-3-2-6-12-27(21)24(16)31/h4-5,7-8,10-11,13,20H,2-3,6,9,12,14H2,1H3,(H,25,29)/t20-/m0/s1. The van der Waals surface area contributed by atoms with Crippen LogP contribution in [-0.2, 0) is 17.8 Å². The molecule has 8 nitrogen and oxygen atoms in total. The molecule has 3 heterocycles. The van der Waals surface area contributed by atoms with Gasteiger partial charge in [0.05, 0.1) is 23.1 Å². The molecule has 0 fully saturated rings. The van der Waals surface area contributed by atoms with Crippen LogP contribution in [0, 0.1) is 0 Å². The molecule has 0 unspecified atom stereocenters. The number of ether oxygens (including phenoxy) is 1. The summed E-state index contributed by atoms with van der Waals surface area (Å²) in [7, 11) is 1.54. The Morgan fingerprint density at radius 1 is 1.12 bits per heavy atom. The Bertz CT molecular complexity index is 1280. The summed E-state index contributed by atoms with van der Waals surface area (Å²) in [5.41, 5.74) is 1.49. The summed E-state index contributed by atoms with van der Waals surface area (Å²) in [5.74, 6) is 0.686. The molecule has 0 spiro atoms. The summed E-state index contributed by atoms with van der Waals surface area (Å²) >= 11 is 0. The number of carbonyl (C=O) groups excluding carboxylic acids is 2. The van der Waals surface area contributed by atoms with Crippen molar-refractivity contribution in [2.75, 3.05) is 18.5 Å². The molecule has 5 rings (SSSR count). The van der Waals surface area contributed by atoms with Crippen LogP contribution in [0.25, 0.3) is 10.9 Å². The summed E-state index contributed by atoms with van der Waals surface area (Å²) in [6.07, 6.45) is 3.00. The fraction of sp³-hybridized carbons (Fsp3) is 0.333. The van der Waals surface area contributed by atoms with Gasteiger partial charge in [0.25, 0.3) is 17.4 Å². The molecule has 164 valence electrons. The Kier molecular flexibility index (Phi) is 5.13. The van der Waals surface area contributed by atoms with Crippen molar-refractivity contribution >= 4 is 28.4 Å². The number of likely N-dealkylation sites (N-methyl/N-ethyl adjacent to an activating group) is 1. The highest BCUT2D eigenvalue weighted by Gasteiger charge is 2.34. The molecule has 32 heavy (non-hydrogen) atoms. The SMILES string of the molecule is CNC(=O)[C@@H]1CN(C(=O)c2ccc3c(=O)n4c(nc3c2)CCCCC4)c2ccccc2O1. The number of amides is 2. The number of benzene rings is 2. The third-order valence-corrected chi connectivity index (χ3v) is 6.12. The van der Waals surface area contributed by atoms with E-state index in [1.807, 2.05) is 6.07 Å². The summed E-state index contributed by atoms with van der Waals surface area (Å²) in [6.45, 7) is 0.775. The molecular weight excluding hydrogens is 408 g/mol. The van der Waals surface area contributed by atoms with E-state index in [2.05, 4.69) is 5.32 Å². The lowest BCUT2D eigenvalue weighted by Gasteiger charge is -2.34. The van der Waals surface area contributed by atoms with Crippen molar-refractivity contribution in [2.24, 2.45) is 0 Å². The van der Waals surface area contributed by atoms with Crippen LogP contribution in [0.3, 0.4) is 0 Å². The van der Waals surface area contributed by atoms with Gasteiger partial charge < -0.3 is 15.0 Å². The van der Waals surface area contributed by atoms with Gasteiger partial charge in [0.2, 0.25) is 0 Å². The average Bonchev–Trinajstić information content (AvgIpc) is 3.08. The highest BCUT2D eigenvalue weighted by molar-refractivity contribution is 6.09. The Labute approximate surface area is 184 Å². The summed E-state index contributed by atoms with van der Waals surface area (Å²) in [5, 5.41) is 3.09. The van der Waals surface area contributed by atoms with Gasteiger partial charge >= 0.3 is 0 Å². The van der Waals surface area contributed by atoms with Crippen molar-refractivity contribution in [3.05, 3.63) is 64.2 Å². The molecule has 8 heteroatoms. The minimum absolute atomic E-state index is 0.0534. The molecule has 0 saturated heterocycles. The summed E-state index contributed by atoms with van der Waals surface area (Å²) < 4.78 is 7.57. The second-order valence-corrected chi connectivity index (χ2v) is 8.13. The van der Waals surface area contributed by atoms with E-state index in [4.69, 9.17) is 9.72 Å². The number of rotatable bonds is 2. The Hall–Kier alpha value is -3.68. The molecule has 2 aliphatic heterocycles. The number of hydrogen-bond donors (Lipinski definition) is 1. The lowest BCUT2D eigenvalue weighted by Crippen LogP contribution is -2.50. The minimum Gasteiger partial charge on any atom is -0.477 e. The molecule has 1 aromatic heterocycles. The van der Waals surface area contributed by atoms with Gasteiger partial charge in [-0.05, 0) is 43.2 Å². The molecule has 2 amide bonds. The largest absolute Gasteiger partial charge is 0.477 e. The maximum Gasteiger partial charge on any atom is 0.262 e. The number of para-hydroxylation sites is 2. The van der Waals surface area contributed by atoms with Crippen molar-refractivity contribution in [1.82, 2.24) is 14.9 Å². The number of nitrogens with zero attached hydrogens (tertiary/aromatic N) is 3. The second-order valence-electron chi connectivity index (χ2n) is 8.13. The second kappa shape index (κ2) is 8.11. The normalized spacial score (nSPS) is 17.7. The number of nitrogens with one attached hydrogen (secondary N) is 1. The Morgan fingerprint density at radius 2 is 1.97 bits per heavy atom. The van der Waals surface area contributed by atoms with E-state index in [9.17, 15) is 14.4 Å². The Balaban J connectivity index is 1.55. The number of fused-ring (bicyclic) bond motifs is 3. The van der Waals surface area contributed by atoms with E-state index < -0.39 is 6.10 Å². The molecule has 0 aliphatic carbocycles. The van der Waals surface area contributed by atoms with E-state index in [1.165, 1.54) is 7.05 Å². The van der Waals surface area contributed by atoms with E-state index in [0.717, 1.165) is 31.5 Å². The van der Waals surface area contributed by atoms with Crippen LogP contribution in [0.15, 0.2) is 47.3 Å². The first-order valence-corrected chi connectivity index (χ1v) is 10.9. The zero-order valence-electron chi connectivity index (χ0n) is 17.8. The predicted molar refractivity (Wildman–Crippen MR) is 120 cm³/mol. The number of anilines is 1. The molecular formula is C24H24N4O4. The lowest BCUT2D eigenvalue weighted by molar-refractivity contribution is -0.127. The van der Waals surface area contributed by atoms with Gasteiger partial charge in [-0.3, -0.25) is 19.0 Å². The quantitative estimate of drug-likeness (QED) is 0.671. The van der Waals surface area contributed by atoms with Gasteiger partial charge in [0.15, 0.2) is 6.10 Å². The molecule has 1 atom stereocenters. The molecule has 0 radical (unpaired) electrons. The summed E-state index contributed by atoms with van der Waals surface area (Å²) in [6, 6.07) is 12.2. The maximum atomic E-state index is 13.5. The first kappa shape index (κ1) is 20.2. The van der Waals surface area contributed by atoms with Gasteiger partial charge in [-0.2, -0.15) is 0 Å². The van der Waals surface area contributed by atoms with Crippen molar-refractivity contribution in [3.63, 3.8) is 0 Å². The lowest BCUT2D eigenvalue weighted by atomic mass is 10.1. The maximum absolute atomic E-state index is 13.5. The van der Waals surface area contributed by atoms with Crippen LogP contribution in [0.2, 0.25) is 0 Å².